The largest absolute Gasteiger partial charge is 0.484 e. The number of nitrogens with zero attached hydrogens (tertiary/aromatic N) is 1. The Morgan fingerprint density at radius 2 is 1.83 bits per heavy atom. The van der Waals surface area contributed by atoms with Crippen LogP contribution in [0.15, 0.2) is 46.9 Å². The molecule has 0 aliphatic heterocycles. The number of benzene rings is 2. The number of halogens is 1. The van der Waals surface area contributed by atoms with Gasteiger partial charge in [0.2, 0.25) is 5.91 Å². The van der Waals surface area contributed by atoms with Gasteiger partial charge in [0.15, 0.2) is 6.61 Å². The lowest BCUT2D eigenvalue weighted by molar-refractivity contribution is -0.142. The van der Waals surface area contributed by atoms with Crippen molar-refractivity contribution < 1.29 is 14.3 Å². The first-order chi connectivity index (χ1) is 13.7. The summed E-state index contributed by atoms with van der Waals surface area (Å²) in [4.78, 5) is 27.1. The molecule has 6 heteroatoms. The van der Waals surface area contributed by atoms with Gasteiger partial charge in [-0.15, -0.1) is 0 Å². The molecular weight excluding hydrogens is 432 g/mol. The molecule has 2 aromatic carbocycles. The van der Waals surface area contributed by atoms with E-state index in [0.29, 0.717) is 12.3 Å². The van der Waals surface area contributed by atoms with Gasteiger partial charge in [-0.25, -0.2) is 0 Å². The fourth-order valence-corrected chi connectivity index (χ4v) is 3.18. The van der Waals surface area contributed by atoms with Crippen LogP contribution < -0.4 is 10.1 Å². The summed E-state index contributed by atoms with van der Waals surface area (Å²) in [5.41, 5.74) is 3.11. The number of carbonyl (C=O) groups is 2. The number of hydrogen-bond donors (Lipinski definition) is 1. The van der Waals surface area contributed by atoms with Crippen LogP contribution in [0.1, 0.15) is 37.5 Å². The average molecular weight is 461 g/mol. The van der Waals surface area contributed by atoms with Crippen molar-refractivity contribution in [3.8, 4) is 5.75 Å². The number of carbonyl (C=O) groups excluding carboxylic acids is 2. The second kappa shape index (κ2) is 10.4. The molecule has 0 saturated carbocycles. The molecule has 0 aliphatic rings. The molecule has 0 heterocycles. The van der Waals surface area contributed by atoms with Gasteiger partial charge in [-0.1, -0.05) is 45.8 Å². The van der Waals surface area contributed by atoms with Gasteiger partial charge < -0.3 is 15.0 Å². The summed E-state index contributed by atoms with van der Waals surface area (Å²) < 4.78 is 6.70. The Labute approximate surface area is 181 Å². The van der Waals surface area contributed by atoms with Crippen molar-refractivity contribution in [3.63, 3.8) is 0 Å². The summed E-state index contributed by atoms with van der Waals surface area (Å²) in [6, 6.07) is 12.9. The van der Waals surface area contributed by atoms with Crippen LogP contribution in [0.3, 0.4) is 0 Å². The third kappa shape index (κ3) is 6.89. The first-order valence-electron chi connectivity index (χ1n) is 9.71. The van der Waals surface area contributed by atoms with Crippen molar-refractivity contribution in [2.75, 3.05) is 6.61 Å². The SMILES string of the molecule is Cc1cccc(CN(C(=O)COc2ccc(Br)c(C)c2)[C@@H](C)C(=O)NC(C)C)c1. The average Bonchev–Trinajstić information content (AvgIpc) is 2.65. The van der Waals surface area contributed by atoms with Crippen molar-refractivity contribution in [3.05, 3.63) is 63.6 Å². The Hall–Kier alpha value is -2.34. The van der Waals surface area contributed by atoms with Gasteiger partial charge in [-0.05, 0) is 63.9 Å². The monoisotopic (exact) mass is 460 g/mol. The third-order valence-corrected chi connectivity index (χ3v) is 5.42. The molecule has 156 valence electrons. The number of nitrogens with one attached hydrogen (secondary N) is 1. The van der Waals surface area contributed by atoms with Crippen molar-refractivity contribution in [2.45, 2.75) is 53.2 Å². The number of ether oxygens (including phenoxy) is 1. The van der Waals surface area contributed by atoms with Crippen LogP contribution in [0.25, 0.3) is 0 Å². The molecule has 2 rings (SSSR count). The lowest BCUT2D eigenvalue weighted by atomic mass is 10.1. The van der Waals surface area contributed by atoms with E-state index in [1.807, 2.05) is 70.2 Å². The lowest BCUT2D eigenvalue weighted by Gasteiger charge is -2.29. The van der Waals surface area contributed by atoms with Crippen molar-refractivity contribution >= 4 is 27.7 Å². The predicted octanol–water partition coefficient (Wildman–Crippen LogP) is 4.39. The second-order valence-corrected chi connectivity index (χ2v) is 8.40. The molecule has 0 saturated heterocycles. The highest BCUT2D eigenvalue weighted by molar-refractivity contribution is 9.10. The van der Waals surface area contributed by atoms with E-state index in [-0.39, 0.29) is 24.5 Å². The topological polar surface area (TPSA) is 58.6 Å². The summed E-state index contributed by atoms with van der Waals surface area (Å²) in [5.74, 6) is 0.202. The lowest BCUT2D eigenvalue weighted by Crippen LogP contribution is -2.50. The number of amides is 2. The minimum absolute atomic E-state index is 0.00265. The molecule has 1 atom stereocenters. The molecule has 0 fully saturated rings. The summed E-state index contributed by atoms with van der Waals surface area (Å²) in [6.45, 7) is 9.72. The maximum Gasteiger partial charge on any atom is 0.261 e. The van der Waals surface area contributed by atoms with Gasteiger partial charge in [0.05, 0.1) is 0 Å². The summed E-state index contributed by atoms with van der Waals surface area (Å²) in [6.07, 6.45) is 0. The maximum atomic E-state index is 13.0. The van der Waals surface area contributed by atoms with Crippen molar-refractivity contribution in [1.82, 2.24) is 10.2 Å². The molecule has 0 aromatic heterocycles. The summed E-state index contributed by atoms with van der Waals surface area (Å²) in [5, 5.41) is 2.88. The first-order valence-corrected chi connectivity index (χ1v) is 10.5. The van der Waals surface area contributed by atoms with E-state index in [1.54, 1.807) is 11.8 Å². The van der Waals surface area contributed by atoms with Gasteiger partial charge in [-0.2, -0.15) is 0 Å². The van der Waals surface area contributed by atoms with Gasteiger partial charge in [0, 0.05) is 17.1 Å². The molecule has 0 aliphatic carbocycles. The normalized spacial score (nSPS) is 11.8. The highest BCUT2D eigenvalue weighted by atomic mass is 79.9. The van der Waals surface area contributed by atoms with E-state index in [4.69, 9.17) is 4.74 Å². The van der Waals surface area contributed by atoms with E-state index in [1.165, 1.54) is 0 Å². The van der Waals surface area contributed by atoms with E-state index >= 15 is 0 Å². The second-order valence-electron chi connectivity index (χ2n) is 7.55. The van der Waals surface area contributed by atoms with Gasteiger partial charge >= 0.3 is 0 Å². The van der Waals surface area contributed by atoms with Crippen LogP contribution in [-0.2, 0) is 16.1 Å². The number of aryl methyl sites for hydroxylation is 2. The van der Waals surface area contributed by atoms with Gasteiger partial charge in [0.25, 0.3) is 5.91 Å². The van der Waals surface area contributed by atoms with Crippen molar-refractivity contribution in [2.24, 2.45) is 0 Å². The molecule has 0 unspecified atom stereocenters. The molecular formula is C23H29BrN2O3. The zero-order valence-corrected chi connectivity index (χ0v) is 19.2. The Kier molecular flexibility index (Phi) is 8.26. The van der Waals surface area contributed by atoms with Gasteiger partial charge in [-0.3, -0.25) is 9.59 Å². The van der Waals surface area contributed by atoms with Gasteiger partial charge in [0.1, 0.15) is 11.8 Å². The van der Waals surface area contributed by atoms with E-state index in [9.17, 15) is 9.59 Å². The highest BCUT2D eigenvalue weighted by Gasteiger charge is 2.27. The highest BCUT2D eigenvalue weighted by Crippen LogP contribution is 2.22. The zero-order chi connectivity index (χ0) is 21.6. The molecule has 0 radical (unpaired) electrons. The number of rotatable bonds is 8. The molecule has 0 bridgehead atoms. The molecule has 2 amide bonds. The third-order valence-electron chi connectivity index (χ3n) is 4.53. The Morgan fingerprint density at radius 3 is 2.45 bits per heavy atom. The summed E-state index contributed by atoms with van der Waals surface area (Å²) >= 11 is 3.45. The van der Waals surface area contributed by atoms with E-state index < -0.39 is 6.04 Å². The quantitative estimate of drug-likeness (QED) is 0.635. The standard InChI is InChI=1S/C23H29BrN2O3/c1-15(2)25-23(28)18(5)26(13-19-8-6-7-16(3)11-19)22(27)14-29-20-9-10-21(24)17(4)12-20/h6-12,15,18H,13-14H2,1-5H3,(H,25,28)/t18-/m0/s1. The number of hydrogen-bond acceptors (Lipinski definition) is 3. The fourth-order valence-electron chi connectivity index (χ4n) is 2.93. The molecule has 29 heavy (non-hydrogen) atoms. The maximum absolute atomic E-state index is 13.0. The minimum Gasteiger partial charge on any atom is -0.484 e. The van der Waals surface area contributed by atoms with Crippen LogP contribution >= 0.6 is 15.9 Å². The Balaban J connectivity index is 2.16. The zero-order valence-electron chi connectivity index (χ0n) is 17.7. The van der Waals surface area contributed by atoms with Crippen molar-refractivity contribution in [1.29, 1.82) is 0 Å². The minimum atomic E-state index is -0.610. The molecule has 1 N–H and O–H groups in total. The van der Waals surface area contributed by atoms with Crippen LogP contribution in [0.5, 0.6) is 5.75 Å². The smallest absolute Gasteiger partial charge is 0.261 e. The molecule has 2 aromatic rings. The van der Waals surface area contributed by atoms with Crippen LogP contribution in [0, 0.1) is 13.8 Å². The van der Waals surface area contributed by atoms with E-state index in [2.05, 4.69) is 21.2 Å². The van der Waals surface area contributed by atoms with Crippen LogP contribution in [0.4, 0.5) is 0 Å². The Bertz CT molecular complexity index is 867. The van der Waals surface area contributed by atoms with Crippen LogP contribution in [-0.4, -0.2) is 35.4 Å². The Morgan fingerprint density at radius 1 is 1.10 bits per heavy atom. The fraction of sp³-hybridized carbons (Fsp3) is 0.391. The predicted molar refractivity (Wildman–Crippen MR) is 119 cm³/mol. The first kappa shape index (κ1) is 22.9. The van der Waals surface area contributed by atoms with Crippen LogP contribution in [0.2, 0.25) is 0 Å². The van der Waals surface area contributed by atoms with E-state index in [0.717, 1.165) is 21.2 Å². The molecule has 5 nitrogen and oxygen atoms in total. The molecule has 0 spiro atoms. The summed E-state index contributed by atoms with van der Waals surface area (Å²) in [7, 11) is 0.